The van der Waals surface area contributed by atoms with E-state index in [1.807, 2.05) is 18.2 Å². The maximum atomic E-state index is 5.59. The summed E-state index contributed by atoms with van der Waals surface area (Å²) < 4.78 is 5.39. The van der Waals surface area contributed by atoms with Crippen LogP contribution in [0.2, 0.25) is 0 Å². The Morgan fingerprint density at radius 1 is 1.28 bits per heavy atom. The molecule has 0 radical (unpaired) electrons. The molecule has 4 nitrogen and oxygen atoms in total. The fourth-order valence-corrected chi connectivity index (χ4v) is 2.81. The molecule has 0 saturated carbocycles. The first-order valence-corrected chi connectivity index (χ1v) is 6.65. The highest BCUT2D eigenvalue weighted by Crippen LogP contribution is 2.32. The summed E-state index contributed by atoms with van der Waals surface area (Å²) in [6.45, 7) is 3.98. The Labute approximate surface area is 107 Å². The van der Waals surface area contributed by atoms with Gasteiger partial charge in [0, 0.05) is 24.4 Å². The highest BCUT2D eigenvalue weighted by molar-refractivity contribution is 5.79. The third-order valence-electron chi connectivity index (χ3n) is 3.82. The van der Waals surface area contributed by atoms with Crippen molar-refractivity contribution in [3.8, 4) is 0 Å². The molecule has 3 rings (SSSR count). The van der Waals surface area contributed by atoms with Gasteiger partial charge in [-0.15, -0.1) is 0 Å². The molecule has 1 aliphatic heterocycles. The number of likely N-dealkylation sites (tertiary alicyclic amines) is 1. The van der Waals surface area contributed by atoms with Gasteiger partial charge in [-0.25, -0.2) is 0 Å². The van der Waals surface area contributed by atoms with Crippen molar-refractivity contribution in [1.29, 1.82) is 0 Å². The predicted molar refractivity (Wildman–Crippen MR) is 71.5 cm³/mol. The second-order valence-corrected chi connectivity index (χ2v) is 4.97. The van der Waals surface area contributed by atoms with Crippen molar-refractivity contribution in [2.24, 2.45) is 5.73 Å². The van der Waals surface area contributed by atoms with E-state index in [1.54, 1.807) is 0 Å². The third kappa shape index (κ3) is 2.13. The number of nitrogens with zero attached hydrogens (tertiary/aromatic N) is 2. The summed E-state index contributed by atoms with van der Waals surface area (Å²) in [5, 5.41) is 5.45. The lowest BCUT2D eigenvalue weighted by molar-refractivity contribution is 0.214. The van der Waals surface area contributed by atoms with E-state index in [4.69, 9.17) is 10.3 Å². The lowest BCUT2D eigenvalue weighted by atomic mass is 9.91. The molecule has 2 aromatic rings. The van der Waals surface area contributed by atoms with Crippen molar-refractivity contribution < 1.29 is 4.52 Å². The molecule has 1 aliphatic rings. The molecule has 1 saturated heterocycles. The number of nitrogens with two attached hydrogens (primary N) is 1. The highest BCUT2D eigenvalue weighted by atomic mass is 16.5. The molecule has 0 atom stereocenters. The van der Waals surface area contributed by atoms with Crippen LogP contribution in [-0.4, -0.2) is 36.2 Å². The van der Waals surface area contributed by atoms with Crippen LogP contribution in [0.1, 0.15) is 24.5 Å². The molecule has 18 heavy (non-hydrogen) atoms. The third-order valence-corrected chi connectivity index (χ3v) is 3.82. The smallest absolute Gasteiger partial charge is 0.167 e. The SMILES string of the molecule is NCCN1CCC(c2noc3ccccc23)CC1. The van der Waals surface area contributed by atoms with E-state index < -0.39 is 0 Å². The van der Waals surface area contributed by atoms with Gasteiger partial charge in [0.25, 0.3) is 0 Å². The van der Waals surface area contributed by atoms with Crippen molar-refractivity contribution in [1.82, 2.24) is 10.1 Å². The monoisotopic (exact) mass is 245 g/mol. The maximum absolute atomic E-state index is 5.59. The molecule has 0 amide bonds. The molecule has 2 N–H and O–H groups in total. The van der Waals surface area contributed by atoms with Gasteiger partial charge in [0.2, 0.25) is 0 Å². The lowest BCUT2D eigenvalue weighted by Crippen LogP contribution is -2.36. The highest BCUT2D eigenvalue weighted by Gasteiger charge is 2.24. The zero-order chi connectivity index (χ0) is 12.4. The molecule has 4 heteroatoms. The van der Waals surface area contributed by atoms with Crippen LogP contribution in [0, 0.1) is 0 Å². The minimum absolute atomic E-state index is 0.530. The summed E-state index contributed by atoms with van der Waals surface area (Å²) in [6, 6.07) is 8.12. The number of piperidine rings is 1. The zero-order valence-electron chi connectivity index (χ0n) is 10.5. The van der Waals surface area contributed by atoms with Gasteiger partial charge in [0.1, 0.15) is 0 Å². The van der Waals surface area contributed by atoms with Crippen LogP contribution >= 0.6 is 0 Å². The number of hydrogen-bond acceptors (Lipinski definition) is 4. The molecule has 96 valence electrons. The van der Waals surface area contributed by atoms with E-state index >= 15 is 0 Å². The fraction of sp³-hybridized carbons (Fsp3) is 0.500. The van der Waals surface area contributed by atoms with Crippen molar-refractivity contribution in [3.05, 3.63) is 30.0 Å². The Bertz CT molecular complexity index is 514. The summed E-state index contributed by atoms with van der Waals surface area (Å²) >= 11 is 0. The Morgan fingerprint density at radius 2 is 2.06 bits per heavy atom. The first kappa shape index (κ1) is 11.7. The van der Waals surface area contributed by atoms with Crippen molar-refractivity contribution >= 4 is 11.0 Å². The lowest BCUT2D eigenvalue weighted by Gasteiger charge is -2.30. The Hall–Kier alpha value is -1.39. The summed E-state index contributed by atoms with van der Waals surface area (Å²) in [4.78, 5) is 2.43. The van der Waals surface area contributed by atoms with Gasteiger partial charge >= 0.3 is 0 Å². The molecular formula is C14H19N3O. The normalized spacial score (nSPS) is 18.5. The van der Waals surface area contributed by atoms with Gasteiger partial charge < -0.3 is 15.2 Å². The minimum atomic E-state index is 0.530. The predicted octanol–water partition coefficient (Wildman–Crippen LogP) is 1.97. The van der Waals surface area contributed by atoms with Crippen molar-refractivity contribution in [3.63, 3.8) is 0 Å². The van der Waals surface area contributed by atoms with Crippen LogP contribution < -0.4 is 5.73 Å². The second-order valence-electron chi connectivity index (χ2n) is 4.97. The number of rotatable bonds is 3. The average Bonchev–Trinajstić information content (AvgIpc) is 2.84. The van der Waals surface area contributed by atoms with Crippen molar-refractivity contribution in [2.45, 2.75) is 18.8 Å². The van der Waals surface area contributed by atoms with Crippen LogP contribution in [0.3, 0.4) is 0 Å². The molecule has 0 aliphatic carbocycles. The van der Waals surface area contributed by atoms with E-state index in [-0.39, 0.29) is 0 Å². The summed E-state index contributed by atoms with van der Waals surface area (Å²) in [7, 11) is 0. The average molecular weight is 245 g/mol. The molecule has 1 aromatic carbocycles. The standard InChI is InChI=1S/C14H19N3O/c15-7-10-17-8-5-11(6-9-17)14-12-3-1-2-4-13(12)18-16-14/h1-4,11H,5-10,15H2. The van der Waals surface area contributed by atoms with E-state index in [0.29, 0.717) is 5.92 Å². The first-order valence-electron chi connectivity index (χ1n) is 6.65. The zero-order valence-corrected chi connectivity index (χ0v) is 10.5. The van der Waals surface area contributed by atoms with E-state index in [2.05, 4.69) is 16.1 Å². The molecular weight excluding hydrogens is 226 g/mol. The molecule has 1 aromatic heterocycles. The van der Waals surface area contributed by atoms with E-state index in [0.717, 1.165) is 50.3 Å². The summed E-state index contributed by atoms with van der Waals surface area (Å²) in [5.41, 5.74) is 7.63. The van der Waals surface area contributed by atoms with Crippen LogP contribution in [-0.2, 0) is 0 Å². The van der Waals surface area contributed by atoms with Crippen molar-refractivity contribution in [2.75, 3.05) is 26.2 Å². The van der Waals surface area contributed by atoms with Gasteiger partial charge in [-0.1, -0.05) is 17.3 Å². The Balaban J connectivity index is 1.76. The number of para-hydroxylation sites is 1. The van der Waals surface area contributed by atoms with Crippen LogP contribution in [0.4, 0.5) is 0 Å². The van der Waals surface area contributed by atoms with Crippen LogP contribution in [0.25, 0.3) is 11.0 Å². The molecule has 0 bridgehead atoms. The van der Waals surface area contributed by atoms with Gasteiger partial charge in [-0.05, 0) is 38.1 Å². The number of benzene rings is 1. The maximum Gasteiger partial charge on any atom is 0.167 e. The Kier molecular flexibility index (Phi) is 3.30. The first-order chi connectivity index (χ1) is 8.88. The van der Waals surface area contributed by atoms with Gasteiger partial charge in [0.05, 0.1) is 5.69 Å². The molecule has 2 heterocycles. The topological polar surface area (TPSA) is 55.3 Å². The number of aromatic nitrogens is 1. The van der Waals surface area contributed by atoms with Gasteiger partial charge in [-0.3, -0.25) is 0 Å². The molecule has 1 fully saturated rings. The largest absolute Gasteiger partial charge is 0.356 e. The fourth-order valence-electron chi connectivity index (χ4n) is 2.81. The molecule has 0 unspecified atom stereocenters. The number of fused-ring (bicyclic) bond motifs is 1. The summed E-state index contributed by atoms with van der Waals surface area (Å²) in [6.07, 6.45) is 2.30. The minimum Gasteiger partial charge on any atom is -0.356 e. The quantitative estimate of drug-likeness (QED) is 0.898. The van der Waals surface area contributed by atoms with E-state index in [9.17, 15) is 0 Å². The van der Waals surface area contributed by atoms with Crippen LogP contribution in [0.5, 0.6) is 0 Å². The van der Waals surface area contributed by atoms with Gasteiger partial charge in [0.15, 0.2) is 5.58 Å². The van der Waals surface area contributed by atoms with E-state index in [1.165, 1.54) is 5.39 Å². The second kappa shape index (κ2) is 5.08. The summed E-state index contributed by atoms with van der Waals surface area (Å²) in [5.74, 6) is 0.530. The van der Waals surface area contributed by atoms with Crippen LogP contribution in [0.15, 0.2) is 28.8 Å². The Morgan fingerprint density at radius 3 is 2.83 bits per heavy atom. The van der Waals surface area contributed by atoms with Gasteiger partial charge in [-0.2, -0.15) is 0 Å². The molecule has 0 spiro atoms. The number of hydrogen-bond donors (Lipinski definition) is 1.